The summed E-state index contributed by atoms with van der Waals surface area (Å²) in [5.74, 6) is -0.967. The lowest BCUT2D eigenvalue weighted by Crippen LogP contribution is -2.61. The van der Waals surface area contributed by atoms with Gasteiger partial charge in [-0.2, -0.15) is 0 Å². The second kappa shape index (κ2) is 7.00. The molecule has 0 aromatic heterocycles. The number of rotatable bonds is 8. The van der Waals surface area contributed by atoms with Gasteiger partial charge in [-0.15, -0.1) is 6.58 Å². The lowest BCUT2D eigenvalue weighted by atomic mass is 9.77. The Labute approximate surface area is 106 Å². The molecule has 18 heavy (non-hydrogen) atoms. The highest BCUT2D eigenvalue weighted by atomic mass is 16.5. The zero-order chi connectivity index (χ0) is 13.4. The van der Waals surface area contributed by atoms with Gasteiger partial charge in [0.2, 0.25) is 0 Å². The van der Waals surface area contributed by atoms with Gasteiger partial charge in [-0.1, -0.05) is 6.08 Å². The van der Waals surface area contributed by atoms with Crippen molar-refractivity contribution in [3.05, 3.63) is 12.7 Å². The molecule has 6 nitrogen and oxygen atoms in total. The lowest BCUT2D eigenvalue weighted by molar-refractivity contribution is -0.148. The molecule has 1 saturated carbocycles. The first-order valence-electron chi connectivity index (χ1n) is 6.09. The average Bonchev–Trinajstić information content (AvgIpc) is 2.28. The third kappa shape index (κ3) is 4.03. The first-order chi connectivity index (χ1) is 8.60. The summed E-state index contributed by atoms with van der Waals surface area (Å²) in [6, 6.07) is -0.454. The van der Waals surface area contributed by atoms with Crippen molar-refractivity contribution < 1.29 is 19.4 Å². The van der Waals surface area contributed by atoms with Crippen LogP contribution in [-0.2, 0) is 9.53 Å². The smallest absolute Gasteiger partial charge is 0.329 e. The molecule has 0 radical (unpaired) electrons. The van der Waals surface area contributed by atoms with Crippen molar-refractivity contribution in [1.29, 1.82) is 0 Å². The maximum atomic E-state index is 11.5. The summed E-state index contributed by atoms with van der Waals surface area (Å²) in [7, 11) is 0. The number of carbonyl (C=O) groups excluding carboxylic acids is 1. The molecule has 102 valence electrons. The van der Waals surface area contributed by atoms with Gasteiger partial charge in [0.05, 0.1) is 13.2 Å². The van der Waals surface area contributed by atoms with Gasteiger partial charge in [-0.3, -0.25) is 0 Å². The Balaban J connectivity index is 2.13. The Bertz CT molecular complexity index is 313. The van der Waals surface area contributed by atoms with Gasteiger partial charge in [0.1, 0.15) is 5.54 Å². The minimum atomic E-state index is -1.06. The van der Waals surface area contributed by atoms with Crippen LogP contribution in [0.2, 0.25) is 0 Å². The van der Waals surface area contributed by atoms with Crippen molar-refractivity contribution in [3.63, 3.8) is 0 Å². The van der Waals surface area contributed by atoms with E-state index in [1.165, 1.54) is 0 Å². The van der Waals surface area contributed by atoms with E-state index in [-0.39, 0.29) is 0 Å². The summed E-state index contributed by atoms with van der Waals surface area (Å²) in [6.07, 6.45) is 4.34. The number of ether oxygens (including phenoxy) is 1. The van der Waals surface area contributed by atoms with Crippen LogP contribution in [0.1, 0.15) is 25.7 Å². The first kappa shape index (κ1) is 14.5. The zero-order valence-electron chi connectivity index (χ0n) is 10.4. The first-order valence-corrected chi connectivity index (χ1v) is 6.09. The molecule has 3 N–H and O–H groups in total. The molecule has 1 fully saturated rings. The predicted octanol–water partition coefficient (Wildman–Crippen LogP) is 0.886. The third-order valence-corrected chi connectivity index (χ3v) is 2.97. The molecule has 0 atom stereocenters. The quantitative estimate of drug-likeness (QED) is 0.444. The molecular weight excluding hydrogens is 236 g/mol. The van der Waals surface area contributed by atoms with Crippen LogP contribution in [0.3, 0.4) is 0 Å². The summed E-state index contributed by atoms with van der Waals surface area (Å²) in [5.41, 5.74) is -1.06. The van der Waals surface area contributed by atoms with Crippen LogP contribution in [0.15, 0.2) is 12.7 Å². The predicted molar refractivity (Wildman–Crippen MR) is 66.4 cm³/mol. The van der Waals surface area contributed by atoms with E-state index < -0.39 is 17.5 Å². The van der Waals surface area contributed by atoms with Gasteiger partial charge in [0.25, 0.3) is 0 Å². The monoisotopic (exact) mass is 256 g/mol. The van der Waals surface area contributed by atoms with Crippen LogP contribution in [0, 0.1) is 0 Å². The Morgan fingerprint density at radius 2 is 2.11 bits per heavy atom. The number of nitrogens with one attached hydrogen (secondary N) is 2. The topological polar surface area (TPSA) is 87.7 Å². The fraction of sp³-hybridized carbons (Fsp3) is 0.667. The lowest BCUT2D eigenvalue weighted by Gasteiger charge is -2.38. The Kier molecular flexibility index (Phi) is 5.64. The number of aliphatic carboxylic acids is 1. The van der Waals surface area contributed by atoms with E-state index in [9.17, 15) is 9.59 Å². The van der Waals surface area contributed by atoms with E-state index in [1.54, 1.807) is 6.08 Å². The minimum Gasteiger partial charge on any atom is -0.480 e. The third-order valence-electron chi connectivity index (χ3n) is 2.97. The molecule has 0 unspecified atom stereocenters. The van der Waals surface area contributed by atoms with Crippen LogP contribution >= 0.6 is 0 Å². The highest BCUT2D eigenvalue weighted by Gasteiger charge is 2.45. The maximum Gasteiger partial charge on any atom is 0.329 e. The Hall–Kier alpha value is -1.56. The standard InChI is InChI=1S/C12H20N2O4/c1-2-3-8-18-9-7-13-11(17)14-12(10(15)16)5-4-6-12/h2H,1,3-9H2,(H,15,16)(H2,13,14,17). The van der Waals surface area contributed by atoms with E-state index in [1.807, 2.05) is 0 Å². The van der Waals surface area contributed by atoms with E-state index in [4.69, 9.17) is 9.84 Å². The van der Waals surface area contributed by atoms with Crippen LogP contribution in [0.25, 0.3) is 0 Å². The molecule has 1 aliphatic carbocycles. The molecule has 0 saturated heterocycles. The maximum absolute atomic E-state index is 11.5. The number of carboxylic acids is 1. The molecule has 0 spiro atoms. The van der Waals surface area contributed by atoms with Gasteiger partial charge in [0.15, 0.2) is 0 Å². The largest absolute Gasteiger partial charge is 0.480 e. The van der Waals surface area contributed by atoms with Crippen molar-refractivity contribution in [2.24, 2.45) is 0 Å². The molecule has 0 aromatic rings. The van der Waals surface area contributed by atoms with Gasteiger partial charge in [0, 0.05) is 6.54 Å². The van der Waals surface area contributed by atoms with E-state index >= 15 is 0 Å². The fourth-order valence-corrected chi connectivity index (χ4v) is 1.69. The second-order valence-electron chi connectivity index (χ2n) is 4.31. The molecule has 6 heteroatoms. The van der Waals surface area contributed by atoms with Gasteiger partial charge in [-0.25, -0.2) is 9.59 Å². The zero-order valence-corrected chi connectivity index (χ0v) is 10.4. The molecule has 0 heterocycles. The minimum absolute atomic E-state index is 0.360. The Morgan fingerprint density at radius 3 is 2.61 bits per heavy atom. The fourth-order valence-electron chi connectivity index (χ4n) is 1.69. The number of hydrogen-bond donors (Lipinski definition) is 3. The summed E-state index contributed by atoms with van der Waals surface area (Å²) in [4.78, 5) is 22.5. The van der Waals surface area contributed by atoms with Crippen LogP contribution in [-0.4, -0.2) is 42.4 Å². The van der Waals surface area contributed by atoms with Crippen molar-refractivity contribution in [1.82, 2.24) is 10.6 Å². The van der Waals surface area contributed by atoms with Gasteiger partial charge >= 0.3 is 12.0 Å². The highest BCUT2D eigenvalue weighted by Crippen LogP contribution is 2.31. The van der Waals surface area contributed by atoms with Gasteiger partial charge < -0.3 is 20.5 Å². The summed E-state index contributed by atoms with van der Waals surface area (Å²) in [5, 5.41) is 14.1. The Morgan fingerprint density at radius 1 is 1.39 bits per heavy atom. The number of amides is 2. The molecular formula is C12H20N2O4. The van der Waals surface area contributed by atoms with Gasteiger partial charge in [-0.05, 0) is 25.7 Å². The van der Waals surface area contributed by atoms with Crippen LogP contribution < -0.4 is 10.6 Å². The number of carbonyl (C=O) groups is 2. The summed E-state index contributed by atoms with van der Waals surface area (Å²) < 4.78 is 5.21. The van der Waals surface area contributed by atoms with Crippen LogP contribution in [0.4, 0.5) is 4.79 Å². The average molecular weight is 256 g/mol. The van der Waals surface area contributed by atoms with Crippen molar-refractivity contribution in [3.8, 4) is 0 Å². The van der Waals surface area contributed by atoms with Crippen molar-refractivity contribution in [2.45, 2.75) is 31.2 Å². The molecule has 1 aliphatic rings. The molecule has 0 aliphatic heterocycles. The molecule has 0 aromatic carbocycles. The normalized spacial score (nSPS) is 16.4. The second-order valence-corrected chi connectivity index (χ2v) is 4.31. The summed E-state index contributed by atoms with van der Waals surface area (Å²) >= 11 is 0. The van der Waals surface area contributed by atoms with Crippen molar-refractivity contribution in [2.75, 3.05) is 19.8 Å². The number of hydrogen-bond acceptors (Lipinski definition) is 3. The SMILES string of the molecule is C=CCCOCCNC(=O)NC1(C(=O)O)CCC1. The summed E-state index contributed by atoms with van der Waals surface area (Å²) in [6.45, 7) is 4.90. The van der Waals surface area contributed by atoms with Crippen LogP contribution in [0.5, 0.6) is 0 Å². The molecule has 1 rings (SSSR count). The number of urea groups is 1. The van der Waals surface area contributed by atoms with E-state index in [0.717, 1.165) is 12.8 Å². The number of carboxylic acid groups (broad SMARTS) is 1. The highest BCUT2D eigenvalue weighted by molar-refractivity contribution is 5.87. The van der Waals surface area contributed by atoms with E-state index in [0.29, 0.717) is 32.6 Å². The molecule has 2 amide bonds. The van der Waals surface area contributed by atoms with E-state index in [2.05, 4.69) is 17.2 Å². The molecule has 0 bridgehead atoms. The van der Waals surface area contributed by atoms with Crippen molar-refractivity contribution >= 4 is 12.0 Å².